The summed E-state index contributed by atoms with van der Waals surface area (Å²) in [5.74, 6) is 0. The molecule has 0 saturated heterocycles. The van der Waals surface area contributed by atoms with Crippen LogP contribution < -0.4 is 0 Å². The van der Waals surface area contributed by atoms with Crippen LogP contribution in [-0.2, 0) is 6.42 Å². The topological polar surface area (TPSA) is 36.7 Å². The lowest BCUT2D eigenvalue weighted by molar-refractivity contribution is 1.28. The Morgan fingerprint density at radius 3 is 3.07 bits per heavy atom. The van der Waals surface area contributed by atoms with Crippen molar-refractivity contribution in [2.24, 2.45) is 0 Å². The second-order valence-corrected chi connectivity index (χ2v) is 4.98. The molecule has 0 N–H and O–H groups in total. The molecular formula is C10H8N2S2. The molecular weight excluding hydrogens is 212 g/mol. The van der Waals surface area contributed by atoms with Crippen molar-refractivity contribution in [3.05, 3.63) is 28.1 Å². The van der Waals surface area contributed by atoms with E-state index in [0.29, 0.717) is 6.42 Å². The molecule has 0 radical (unpaired) electrons. The molecule has 2 rings (SSSR count). The Morgan fingerprint density at radius 1 is 1.57 bits per heavy atom. The lowest BCUT2D eigenvalue weighted by Crippen LogP contribution is -1.68. The summed E-state index contributed by atoms with van der Waals surface area (Å²) in [6.07, 6.45) is 2.25. The number of thiazole rings is 1. The fraction of sp³-hybridized carbons (Fsp3) is 0.200. The van der Waals surface area contributed by atoms with Crippen molar-refractivity contribution in [3.63, 3.8) is 0 Å². The molecule has 0 aliphatic rings. The largest absolute Gasteiger partial charge is 0.243 e. The first-order valence-electron chi connectivity index (χ1n) is 4.17. The van der Waals surface area contributed by atoms with E-state index in [1.807, 2.05) is 0 Å². The summed E-state index contributed by atoms with van der Waals surface area (Å²) in [5, 5.41) is 11.7. The van der Waals surface area contributed by atoms with Crippen molar-refractivity contribution in [1.29, 1.82) is 5.26 Å². The van der Waals surface area contributed by atoms with E-state index in [4.69, 9.17) is 5.26 Å². The number of hydrogen-bond acceptors (Lipinski definition) is 4. The molecule has 0 amide bonds. The predicted octanol–water partition coefficient (Wildman–Crippen LogP) is 3.25. The summed E-state index contributed by atoms with van der Waals surface area (Å²) < 4.78 is 0. The van der Waals surface area contributed by atoms with Crippen LogP contribution in [0, 0.1) is 18.3 Å². The van der Waals surface area contributed by atoms with E-state index < -0.39 is 0 Å². The summed E-state index contributed by atoms with van der Waals surface area (Å²) in [6.45, 7) is 2.07. The lowest BCUT2D eigenvalue weighted by atomic mass is 10.3. The van der Waals surface area contributed by atoms with Crippen molar-refractivity contribution in [1.82, 2.24) is 4.98 Å². The molecule has 0 aromatic carbocycles. The number of nitrogens with zero attached hydrogens (tertiary/aromatic N) is 2. The maximum Gasteiger partial charge on any atom is 0.133 e. The Hall–Kier alpha value is -1.18. The Bertz CT molecular complexity index is 476. The maximum atomic E-state index is 8.54. The molecule has 0 unspecified atom stereocenters. The molecule has 4 heteroatoms. The summed E-state index contributed by atoms with van der Waals surface area (Å²) in [6, 6.07) is 4.25. The third-order valence-electron chi connectivity index (χ3n) is 1.75. The highest BCUT2D eigenvalue weighted by Crippen LogP contribution is 2.30. The third kappa shape index (κ3) is 1.84. The van der Waals surface area contributed by atoms with Gasteiger partial charge < -0.3 is 0 Å². The van der Waals surface area contributed by atoms with Crippen LogP contribution in [0.5, 0.6) is 0 Å². The second kappa shape index (κ2) is 3.91. The first-order valence-corrected chi connectivity index (χ1v) is 5.86. The van der Waals surface area contributed by atoms with Gasteiger partial charge in [-0.25, -0.2) is 4.98 Å². The smallest absolute Gasteiger partial charge is 0.133 e. The van der Waals surface area contributed by atoms with Crippen molar-refractivity contribution in [3.8, 4) is 16.0 Å². The zero-order valence-electron chi connectivity index (χ0n) is 7.65. The highest BCUT2D eigenvalue weighted by atomic mass is 32.1. The molecule has 0 atom stereocenters. The van der Waals surface area contributed by atoms with Crippen LogP contribution in [0.4, 0.5) is 0 Å². The molecule has 0 bridgehead atoms. The number of nitriles is 1. The molecule has 2 nitrogen and oxygen atoms in total. The number of aryl methyl sites for hydroxylation is 1. The SMILES string of the molecule is Cc1csc(-c2ncc(CC#N)s2)c1. The highest BCUT2D eigenvalue weighted by Gasteiger charge is 2.05. The lowest BCUT2D eigenvalue weighted by Gasteiger charge is -1.85. The zero-order chi connectivity index (χ0) is 9.97. The van der Waals surface area contributed by atoms with Gasteiger partial charge in [0.15, 0.2) is 0 Å². The van der Waals surface area contributed by atoms with Crippen molar-refractivity contribution in [2.45, 2.75) is 13.3 Å². The van der Waals surface area contributed by atoms with Gasteiger partial charge in [0.25, 0.3) is 0 Å². The van der Waals surface area contributed by atoms with Crippen LogP contribution in [0.25, 0.3) is 9.88 Å². The van der Waals surface area contributed by atoms with Gasteiger partial charge in [0, 0.05) is 11.1 Å². The first kappa shape index (κ1) is 9.38. The van der Waals surface area contributed by atoms with E-state index in [1.54, 1.807) is 28.9 Å². The van der Waals surface area contributed by atoms with Gasteiger partial charge in [-0.2, -0.15) is 5.26 Å². The Balaban J connectivity index is 2.30. The Kier molecular flexibility index (Phi) is 2.62. The van der Waals surface area contributed by atoms with Crippen LogP contribution in [0.1, 0.15) is 10.4 Å². The van der Waals surface area contributed by atoms with Gasteiger partial charge in [-0.3, -0.25) is 0 Å². The summed E-state index contributed by atoms with van der Waals surface area (Å²) in [5.41, 5.74) is 1.27. The van der Waals surface area contributed by atoms with E-state index in [0.717, 1.165) is 9.88 Å². The number of thiophene rings is 1. The highest BCUT2D eigenvalue weighted by molar-refractivity contribution is 7.21. The number of aromatic nitrogens is 1. The van der Waals surface area contributed by atoms with Crippen molar-refractivity contribution < 1.29 is 0 Å². The normalized spacial score (nSPS) is 10.0. The minimum absolute atomic E-state index is 0.460. The molecule has 2 heterocycles. The molecule has 2 aromatic rings. The van der Waals surface area contributed by atoms with E-state index in [-0.39, 0.29) is 0 Å². The fourth-order valence-electron chi connectivity index (χ4n) is 1.12. The number of hydrogen-bond donors (Lipinski definition) is 0. The summed E-state index contributed by atoms with van der Waals surface area (Å²) in [4.78, 5) is 6.52. The monoisotopic (exact) mass is 220 g/mol. The number of rotatable bonds is 2. The molecule has 0 saturated carbocycles. The van der Waals surface area contributed by atoms with E-state index >= 15 is 0 Å². The molecule has 0 aliphatic heterocycles. The first-order chi connectivity index (χ1) is 6.79. The van der Waals surface area contributed by atoms with E-state index in [1.165, 1.54) is 10.4 Å². The van der Waals surface area contributed by atoms with Crippen LogP contribution in [0.2, 0.25) is 0 Å². The Morgan fingerprint density at radius 2 is 2.43 bits per heavy atom. The minimum Gasteiger partial charge on any atom is -0.243 e. The van der Waals surface area contributed by atoms with Crippen molar-refractivity contribution in [2.75, 3.05) is 0 Å². The molecule has 14 heavy (non-hydrogen) atoms. The van der Waals surface area contributed by atoms with Crippen LogP contribution >= 0.6 is 22.7 Å². The average Bonchev–Trinajstić information content (AvgIpc) is 2.74. The zero-order valence-corrected chi connectivity index (χ0v) is 9.28. The fourth-order valence-corrected chi connectivity index (χ4v) is 2.94. The molecule has 0 fully saturated rings. The second-order valence-electron chi connectivity index (χ2n) is 2.95. The van der Waals surface area contributed by atoms with Gasteiger partial charge in [-0.15, -0.1) is 22.7 Å². The quantitative estimate of drug-likeness (QED) is 0.779. The third-order valence-corrected chi connectivity index (χ3v) is 3.96. The average molecular weight is 220 g/mol. The van der Waals surface area contributed by atoms with Gasteiger partial charge in [-0.1, -0.05) is 0 Å². The minimum atomic E-state index is 0.460. The maximum absolute atomic E-state index is 8.54. The van der Waals surface area contributed by atoms with Gasteiger partial charge in [0.1, 0.15) is 5.01 Å². The molecule has 70 valence electrons. The molecule has 2 aromatic heterocycles. The molecule has 0 aliphatic carbocycles. The Labute approximate surface area is 90.5 Å². The van der Waals surface area contributed by atoms with E-state index in [2.05, 4.69) is 29.4 Å². The molecule has 0 spiro atoms. The standard InChI is InChI=1S/C10H8N2S2/c1-7-4-9(13-6-7)10-12-5-8(14-10)2-3-11/h4-6H,2H2,1H3. The predicted molar refractivity (Wildman–Crippen MR) is 59.5 cm³/mol. The van der Waals surface area contributed by atoms with Crippen LogP contribution in [0.15, 0.2) is 17.6 Å². The van der Waals surface area contributed by atoms with Gasteiger partial charge in [-0.05, 0) is 23.9 Å². The van der Waals surface area contributed by atoms with Crippen LogP contribution in [0.3, 0.4) is 0 Å². The van der Waals surface area contributed by atoms with Crippen LogP contribution in [-0.4, -0.2) is 4.98 Å². The van der Waals surface area contributed by atoms with Gasteiger partial charge in [0.2, 0.25) is 0 Å². The van der Waals surface area contributed by atoms with Crippen molar-refractivity contribution >= 4 is 22.7 Å². The summed E-state index contributed by atoms with van der Waals surface area (Å²) in [7, 11) is 0. The van der Waals surface area contributed by atoms with Gasteiger partial charge in [0.05, 0.1) is 17.4 Å². The van der Waals surface area contributed by atoms with Gasteiger partial charge >= 0.3 is 0 Å². The summed E-state index contributed by atoms with van der Waals surface area (Å²) >= 11 is 3.30. The van der Waals surface area contributed by atoms with E-state index in [9.17, 15) is 0 Å².